The summed E-state index contributed by atoms with van der Waals surface area (Å²) in [5, 5.41) is 8.70. The van der Waals surface area contributed by atoms with Gasteiger partial charge in [-0.25, -0.2) is 4.99 Å². The molecule has 2 N–H and O–H groups in total. The van der Waals surface area contributed by atoms with Gasteiger partial charge in [0.2, 0.25) is 0 Å². The van der Waals surface area contributed by atoms with E-state index in [-0.39, 0.29) is 24.0 Å². The molecular formula is C15H26IN3OS. The largest absolute Gasteiger partial charge is 0.379 e. The molecular weight excluding hydrogens is 397 g/mol. The summed E-state index contributed by atoms with van der Waals surface area (Å²) in [5.41, 5.74) is 1.32. The second kappa shape index (κ2) is 10.4. The fourth-order valence-corrected chi connectivity index (χ4v) is 2.66. The van der Waals surface area contributed by atoms with Gasteiger partial charge in [0, 0.05) is 24.6 Å². The van der Waals surface area contributed by atoms with Gasteiger partial charge in [0.25, 0.3) is 0 Å². The first-order valence-corrected chi connectivity index (χ1v) is 8.30. The van der Waals surface area contributed by atoms with E-state index in [0.717, 1.165) is 44.7 Å². The normalized spacial score (nSPS) is 14.7. The number of aliphatic imine (C=N–C) groups is 1. The van der Waals surface area contributed by atoms with Gasteiger partial charge in [0.1, 0.15) is 0 Å². The predicted octanol–water partition coefficient (Wildman–Crippen LogP) is 3.16. The minimum atomic E-state index is 0. The highest BCUT2D eigenvalue weighted by Crippen LogP contribution is 2.28. The minimum Gasteiger partial charge on any atom is -0.379 e. The molecule has 1 saturated carbocycles. The minimum absolute atomic E-state index is 0. The van der Waals surface area contributed by atoms with Crippen molar-refractivity contribution in [2.75, 3.05) is 26.3 Å². The molecule has 0 aliphatic heterocycles. The molecule has 0 saturated heterocycles. The van der Waals surface area contributed by atoms with E-state index in [0.29, 0.717) is 0 Å². The molecule has 1 aliphatic carbocycles. The molecule has 0 bridgehead atoms. The lowest BCUT2D eigenvalue weighted by atomic mass is 10.3. The average Bonchev–Trinajstić information content (AvgIpc) is 3.17. The highest BCUT2D eigenvalue weighted by atomic mass is 127. The topological polar surface area (TPSA) is 45.7 Å². The zero-order valence-electron chi connectivity index (χ0n) is 12.9. The molecule has 1 aromatic heterocycles. The standard InChI is InChI=1S/C15H25N3OS.HI/c1-3-16-15(17-7-8-19-11-13-4-5-13)18-10-14-12(2)6-9-20-14;/h6,9,13H,3-5,7-8,10-11H2,1-2H3,(H2,16,17,18);1H. The van der Waals surface area contributed by atoms with E-state index in [9.17, 15) is 0 Å². The summed E-state index contributed by atoms with van der Waals surface area (Å²) >= 11 is 1.76. The van der Waals surface area contributed by atoms with E-state index >= 15 is 0 Å². The lowest BCUT2D eigenvalue weighted by Gasteiger charge is -2.11. The summed E-state index contributed by atoms with van der Waals surface area (Å²) in [7, 11) is 0. The van der Waals surface area contributed by atoms with E-state index < -0.39 is 0 Å². The number of rotatable bonds is 8. The van der Waals surface area contributed by atoms with Crippen molar-refractivity contribution in [3.63, 3.8) is 0 Å². The Morgan fingerprint density at radius 2 is 2.24 bits per heavy atom. The Morgan fingerprint density at radius 1 is 1.43 bits per heavy atom. The highest BCUT2D eigenvalue weighted by molar-refractivity contribution is 14.0. The molecule has 4 nitrogen and oxygen atoms in total. The number of hydrogen-bond acceptors (Lipinski definition) is 3. The van der Waals surface area contributed by atoms with Gasteiger partial charge < -0.3 is 15.4 Å². The van der Waals surface area contributed by atoms with Crippen molar-refractivity contribution in [1.82, 2.24) is 10.6 Å². The Balaban J connectivity index is 0.00000220. The molecule has 120 valence electrons. The lowest BCUT2D eigenvalue weighted by molar-refractivity contribution is 0.129. The molecule has 6 heteroatoms. The van der Waals surface area contributed by atoms with Crippen LogP contribution in [0.3, 0.4) is 0 Å². The summed E-state index contributed by atoms with van der Waals surface area (Å²) < 4.78 is 5.61. The van der Waals surface area contributed by atoms with Crippen molar-refractivity contribution in [3.8, 4) is 0 Å². The predicted molar refractivity (Wildman–Crippen MR) is 101 cm³/mol. The highest BCUT2D eigenvalue weighted by Gasteiger charge is 2.20. The van der Waals surface area contributed by atoms with Gasteiger partial charge in [-0.1, -0.05) is 0 Å². The molecule has 1 aliphatic rings. The van der Waals surface area contributed by atoms with Crippen LogP contribution < -0.4 is 10.6 Å². The van der Waals surface area contributed by atoms with Crippen LogP contribution in [0.1, 0.15) is 30.2 Å². The van der Waals surface area contributed by atoms with E-state index in [1.165, 1.54) is 23.3 Å². The van der Waals surface area contributed by atoms with Crippen molar-refractivity contribution < 1.29 is 4.74 Å². The van der Waals surface area contributed by atoms with Crippen LogP contribution in [0, 0.1) is 12.8 Å². The monoisotopic (exact) mass is 423 g/mol. The lowest BCUT2D eigenvalue weighted by Crippen LogP contribution is -2.39. The Labute approximate surface area is 148 Å². The Bertz CT molecular complexity index is 432. The SMILES string of the molecule is CCNC(=NCc1sccc1C)NCCOCC1CC1.I. The van der Waals surface area contributed by atoms with E-state index in [2.05, 4.69) is 40.9 Å². The van der Waals surface area contributed by atoms with Gasteiger partial charge in [-0.3, -0.25) is 0 Å². The van der Waals surface area contributed by atoms with E-state index in [1.54, 1.807) is 11.3 Å². The molecule has 0 spiro atoms. The van der Waals surface area contributed by atoms with Crippen LogP contribution >= 0.6 is 35.3 Å². The Morgan fingerprint density at radius 3 is 2.86 bits per heavy atom. The van der Waals surface area contributed by atoms with Gasteiger partial charge in [-0.05, 0) is 49.6 Å². The summed E-state index contributed by atoms with van der Waals surface area (Å²) in [6.07, 6.45) is 2.69. The number of halogens is 1. The number of aryl methyl sites for hydroxylation is 1. The first-order valence-electron chi connectivity index (χ1n) is 7.42. The van der Waals surface area contributed by atoms with Crippen molar-refractivity contribution in [3.05, 3.63) is 21.9 Å². The molecule has 0 aromatic carbocycles. The Kier molecular flexibility index (Phi) is 9.26. The van der Waals surface area contributed by atoms with Crippen molar-refractivity contribution in [2.24, 2.45) is 10.9 Å². The molecule has 0 radical (unpaired) electrons. The molecule has 21 heavy (non-hydrogen) atoms. The van der Waals surface area contributed by atoms with Crippen LogP contribution in [-0.2, 0) is 11.3 Å². The van der Waals surface area contributed by atoms with Crippen LogP contribution in [0.25, 0.3) is 0 Å². The van der Waals surface area contributed by atoms with Gasteiger partial charge in [-0.15, -0.1) is 35.3 Å². The maximum absolute atomic E-state index is 5.61. The fraction of sp³-hybridized carbons (Fsp3) is 0.667. The first-order chi connectivity index (χ1) is 9.79. The third-order valence-electron chi connectivity index (χ3n) is 3.28. The molecule has 1 fully saturated rings. The maximum Gasteiger partial charge on any atom is 0.191 e. The van der Waals surface area contributed by atoms with Gasteiger partial charge >= 0.3 is 0 Å². The van der Waals surface area contributed by atoms with Crippen molar-refractivity contribution >= 4 is 41.3 Å². The van der Waals surface area contributed by atoms with Crippen LogP contribution in [0.5, 0.6) is 0 Å². The fourth-order valence-electron chi connectivity index (χ4n) is 1.83. The number of nitrogens with zero attached hydrogens (tertiary/aromatic N) is 1. The summed E-state index contributed by atoms with van der Waals surface area (Å²) in [5.74, 6) is 1.70. The van der Waals surface area contributed by atoms with Gasteiger partial charge in [0.05, 0.1) is 13.2 Å². The Hall–Kier alpha value is -0.340. The second-order valence-electron chi connectivity index (χ2n) is 5.17. The second-order valence-corrected chi connectivity index (χ2v) is 6.17. The summed E-state index contributed by atoms with van der Waals surface area (Å²) in [4.78, 5) is 5.94. The number of nitrogens with one attached hydrogen (secondary N) is 2. The van der Waals surface area contributed by atoms with Crippen LogP contribution in [0.15, 0.2) is 16.4 Å². The van der Waals surface area contributed by atoms with Crippen LogP contribution in [0.4, 0.5) is 0 Å². The smallest absolute Gasteiger partial charge is 0.191 e. The maximum atomic E-state index is 5.61. The first kappa shape index (κ1) is 18.7. The number of guanidine groups is 1. The zero-order valence-corrected chi connectivity index (χ0v) is 16.0. The van der Waals surface area contributed by atoms with Gasteiger partial charge in [0.15, 0.2) is 5.96 Å². The molecule has 1 aromatic rings. The quantitative estimate of drug-likeness (QED) is 0.292. The molecule has 0 unspecified atom stereocenters. The summed E-state index contributed by atoms with van der Waals surface area (Å²) in [6.45, 7) is 8.30. The van der Waals surface area contributed by atoms with Crippen LogP contribution in [-0.4, -0.2) is 32.3 Å². The molecule has 0 atom stereocenters. The number of hydrogen-bond donors (Lipinski definition) is 2. The molecule has 0 amide bonds. The van der Waals surface area contributed by atoms with Crippen molar-refractivity contribution in [1.29, 1.82) is 0 Å². The van der Waals surface area contributed by atoms with Crippen molar-refractivity contribution in [2.45, 2.75) is 33.2 Å². The summed E-state index contributed by atoms with van der Waals surface area (Å²) in [6, 6.07) is 2.14. The zero-order chi connectivity index (χ0) is 14.2. The van der Waals surface area contributed by atoms with Gasteiger partial charge in [-0.2, -0.15) is 0 Å². The molecule has 2 rings (SSSR count). The number of thiophene rings is 1. The van der Waals surface area contributed by atoms with Crippen LogP contribution in [0.2, 0.25) is 0 Å². The molecule has 1 heterocycles. The third-order valence-corrected chi connectivity index (χ3v) is 4.29. The number of ether oxygens (including phenoxy) is 1. The third kappa shape index (κ3) is 7.46. The van der Waals surface area contributed by atoms with E-state index in [1.807, 2.05) is 0 Å². The van der Waals surface area contributed by atoms with E-state index in [4.69, 9.17) is 4.74 Å². The average molecular weight is 423 g/mol.